The SMILES string of the molecule is CCCCNC(=O)CCCN1C(=O)COc2ccc(C(=O)COc3ccc(F)cc3F)cc21. The van der Waals surface area contributed by atoms with Crippen molar-refractivity contribution in [2.75, 3.05) is 31.2 Å². The summed E-state index contributed by atoms with van der Waals surface area (Å²) in [6, 6.07) is 7.44. The summed E-state index contributed by atoms with van der Waals surface area (Å²) in [5, 5.41) is 2.84. The van der Waals surface area contributed by atoms with Crippen molar-refractivity contribution in [2.24, 2.45) is 0 Å². The molecule has 0 atom stereocenters. The first-order valence-electron chi connectivity index (χ1n) is 10.8. The first-order chi connectivity index (χ1) is 15.9. The molecular weight excluding hydrogens is 434 g/mol. The number of hydrogen-bond donors (Lipinski definition) is 1. The molecule has 1 heterocycles. The van der Waals surface area contributed by atoms with Gasteiger partial charge in [0.15, 0.2) is 30.6 Å². The molecule has 0 bridgehead atoms. The van der Waals surface area contributed by atoms with Crippen LogP contribution < -0.4 is 19.7 Å². The lowest BCUT2D eigenvalue weighted by molar-refractivity contribution is -0.122. The maximum atomic E-state index is 13.7. The number of halogens is 2. The molecule has 1 aliphatic heterocycles. The van der Waals surface area contributed by atoms with Gasteiger partial charge in [0.25, 0.3) is 5.91 Å². The van der Waals surface area contributed by atoms with Gasteiger partial charge in [-0.15, -0.1) is 0 Å². The van der Waals surface area contributed by atoms with Gasteiger partial charge in [-0.05, 0) is 43.2 Å². The van der Waals surface area contributed by atoms with Crippen LogP contribution in [0.15, 0.2) is 36.4 Å². The predicted octanol–water partition coefficient (Wildman–Crippen LogP) is 3.65. The second kappa shape index (κ2) is 11.4. The van der Waals surface area contributed by atoms with Crippen LogP contribution in [-0.2, 0) is 9.59 Å². The number of amides is 2. The van der Waals surface area contributed by atoms with Crippen molar-refractivity contribution >= 4 is 23.3 Å². The van der Waals surface area contributed by atoms with E-state index in [0.29, 0.717) is 37.0 Å². The van der Waals surface area contributed by atoms with Gasteiger partial charge in [-0.25, -0.2) is 8.78 Å². The molecule has 1 aliphatic rings. The van der Waals surface area contributed by atoms with Crippen LogP contribution in [0.25, 0.3) is 0 Å². The minimum absolute atomic E-state index is 0.0708. The molecule has 0 fully saturated rings. The van der Waals surface area contributed by atoms with Gasteiger partial charge in [0.05, 0.1) is 5.69 Å². The molecule has 0 saturated carbocycles. The van der Waals surface area contributed by atoms with Crippen LogP contribution in [0.2, 0.25) is 0 Å². The Labute approximate surface area is 190 Å². The number of ketones is 1. The first-order valence-corrected chi connectivity index (χ1v) is 10.8. The summed E-state index contributed by atoms with van der Waals surface area (Å²) in [5.74, 6) is -2.23. The molecule has 0 unspecified atom stereocenters. The number of Topliss-reactive ketones (excluding diaryl/α,β-unsaturated/α-hetero) is 1. The molecule has 7 nitrogen and oxygen atoms in total. The Balaban J connectivity index is 1.63. The number of hydrogen-bond acceptors (Lipinski definition) is 5. The topological polar surface area (TPSA) is 84.9 Å². The van der Waals surface area contributed by atoms with Crippen molar-refractivity contribution in [3.8, 4) is 11.5 Å². The van der Waals surface area contributed by atoms with Gasteiger partial charge in [-0.2, -0.15) is 0 Å². The number of rotatable bonds is 11. The van der Waals surface area contributed by atoms with E-state index in [1.165, 1.54) is 17.0 Å². The molecule has 0 radical (unpaired) electrons. The lowest BCUT2D eigenvalue weighted by atomic mass is 10.1. The number of anilines is 1. The summed E-state index contributed by atoms with van der Waals surface area (Å²) in [6.45, 7) is 2.37. The van der Waals surface area contributed by atoms with E-state index in [1.54, 1.807) is 6.07 Å². The molecule has 2 amide bonds. The second-order valence-electron chi connectivity index (χ2n) is 7.61. The minimum Gasteiger partial charge on any atom is -0.482 e. The Morgan fingerprint density at radius 3 is 2.73 bits per heavy atom. The number of carbonyl (C=O) groups excluding carboxylic acids is 3. The van der Waals surface area contributed by atoms with E-state index in [2.05, 4.69) is 5.32 Å². The summed E-state index contributed by atoms with van der Waals surface area (Å²) in [5.41, 5.74) is 0.674. The van der Waals surface area contributed by atoms with Gasteiger partial charge in [-0.3, -0.25) is 14.4 Å². The average Bonchev–Trinajstić information content (AvgIpc) is 2.79. The number of fused-ring (bicyclic) bond motifs is 1. The van der Waals surface area contributed by atoms with Gasteiger partial charge in [0, 0.05) is 31.1 Å². The number of nitrogens with one attached hydrogen (secondary N) is 1. The van der Waals surface area contributed by atoms with Crippen molar-refractivity contribution in [1.29, 1.82) is 0 Å². The van der Waals surface area contributed by atoms with Crippen molar-refractivity contribution in [3.63, 3.8) is 0 Å². The van der Waals surface area contributed by atoms with Gasteiger partial charge in [-0.1, -0.05) is 13.3 Å². The quantitative estimate of drug-likeness (QED) is 0.409. The van der Waals surface area contributed by atoms with Crippen LogP contribution >= 0.6 is 0 Å². The van der Waals surface area contributed by atoms with Crippen LogP contribution in [0.5, 0.6) is 11.5 Å². The number of benzene rings is 2. The third kappa shape index (κ3) is 6.50. The van der Waals surface area contributed by atoms with Crippen molar-refractivity contribution in [3.05, 3.63) is 53.6 Å². The number of carbonyl (C=O) groups is 3. The van der Waals surface area contributed by atoms with E-state index in [1.807, 2.05) is 6.92 Å². The van der Waals surface area contributed by atoms with Crippen LogP contribution in [-0.4, -0.2) is 43.9 Å². The van der Waals surface area contributed by atoms with Crippen LogP contribution in [0, 0.1) is 11.6 Å². The highest BCUT2D eigenvalue weighted by molar-refractivity contribution is 6.02. The molecule has 33 heavy (non-hydrogen) atoms. The number of unbranched alkanes of at least 4 members (excludes halogenated alkanes) is 1. The monoisotopic (exact) mass is 460 g/mol. The molecule has 1 N–H and O–H groups in total. The van der Waals surface area contributed by atoms with Crippen LogP contribution in [0.4, 0.5) is 14.5 Å². The van der Waals surface area contributed by atoms with E-state index in [0.717, 1.165) is 25.0 Å². The van der Waals surface area contributed by atoms with E-state index >= 15 is 0 Å². The maximum absolute atomic E-state index is 13.7. The van der Waals surface area contributed by atoms with E-state index in [-0.39, 0.29) is 36.2 Å². The molecule has 3 rings (SSSR count). The highest BCUT2D eigenvalue weighted by Gasteiger charge is 2.26. The fourth-order valence-corrected chi connectivity index (χ4v) is 3.33. The fourth-order valence-electron chi connectivity index (χ4n) is 3.33. The lowest BCUT2D eigenvalue weighted by Crippen LogP contribution is -2.40. The van der Waals surface area contributed by atoms with Crippen LogP contribution in [0.3, 0.4) is 0 Å². The van der Waals surface area contributed by atoms with E-state index < -0.39 is 24.0 Å². The molecule has 0 spiro atoms. The van der Waals surface area contributed by atoms with Crippen molar-refractivity contribution < 1.29 is 32.6 Å². The highest BCUT2D eigenvalue weighted by Crippen LogP contribution is 2.33. The molecule has 176 valence electrons. The molecule has 0 aliphatic carbocycles. The zero-order chi connectivity index (χ0) is 23.8. The van der Waals surface area contributed by atoms with E-state index in [9.17, 15) is 23.2 Å². The summed E-state index contributed by atoms with van der Waals surface area (Å²) < 4.78 is 37.4. The molecule has 9 heteroatoms. The van der Waals surface area contributed by atoms with Gasteiger partial charge < -0.3 is 19.7 Å². The van der Waals surface area contributed by atoms with Gasteiger partial charge >= 0.3 is 0 Å². The maximum Gasteiger partial charge on any atom is 0.265 e. The van der Waals surface area contributed by atoms with Crippen LogP contribution in [0.1, 0.15) is 43.0 Å². The Morgan fingerprint density at radius 1 is 1.15 bits per heavy atom. The smallest absolute Gasteiger partial charge is 0.265 e. The Hall–Kier alpha value is -3.49. The molecule has 0 aromatic heterocycles. The second-order valence-corrected chi connectivity index (χ2v) is 7.61. The molecule has 2 aromatic carbocycles. The van der Waals surface area contributed by atoms with Gasteiger partial charge in [0.2, 0.25) is 5.91 Å². The van der Waals surface area contributed by atoms with Crippen molar-refractivity contribution in [2.45, 2.75) is 32.6 Å². The molecular formula is C24H26F2N2O5. The molecule has 2 aromatic rings. The zero-order valence-electron chi connectivity index (χ0n) is 18.4. The van der Waals surface area contributed by atoms with Gasteiger partial charge in [0.1, 0.15) is 11.6 Å². The highest BCUT2D eigenvalue weighted by atomic mass is 19.1. The summed E-state index contributed by atoms with van der Waals surface area (Å²) in [4.78, 5) is 38.4. The zero-order valence-corrected chi connectivity index (χ0v) is 18.4. The average molecular weight is 460 g/mol. The Bertz CT molecular complexity index is 1030. The summed E-state index contributed by atoms with van der Waals surface area (Å²) in [7, 11) is 0. The van der Waals surface area contributed by atoms with E-state index in [4.69, 9.17) is 9.47 Å². The largest absolute Gasteiger partial charge is 0.482 e. The van der Waals surface area contributed by atoms with Crippen molar-refractivity contribution in [1.82, 2.24) is 5.32 Å². The molecule has 0 saturated heterocycles. The number of nitrogens with zero attached hydrogens (tertiary/aromatic N) is 1. The number of ether oxygens (including phenoxy) is 2. The third-order valence-electron chi connectivity index (χ3n) is 5.11. The lowest BCUT2D eigenvalue weighted by Gasteiger charge is -2.29. The first kappa shape index (κ1) is 24.2. The third-order valence-corrected chi connectivity index (χ3v) is 5.11. The standard InChI is InChI=1S/C24H26F2N2O5/c1-2-3-10-27-23(30)5-4-11-28-19-12-16(6-8-22(19)33-15-24(28)31)20(29)14-32-21-9-7-17(25)13-18(21)26/h6-9,12-13H,2-5,10-11,14-15H2,1H3,(H,27,30). The summed E-state index contributed by atoms with van der Waals surface area (Å²) in [6.07, 6.45) is 2.63. The Morgan fingerprint density at radius 2 is 1.97 bits per heavy atom. The fraction of sp³-hybridized carbons (Fsp3) is 0.375. The Kier molecular flexibility index (Phi) is 8.34. The predicted molar refractivity (Wildman–Crippen MR) is 118 cm³/mol. The summed E-state index contributed by atoms with van der Waals surface area (Å²) >= 11 is 0. The minimum atomic E-state index is -0.905. The normalized spacial score (nSPS) is 12.7.